The molecule has 4 heterocycles. The number of fused-ring (bicyclic) bond motifs is 2. The number of rotatable bonds is 2. The Kier molecular flexibility index (Phi) is 4.65. The quantitative estimate of drug-likeness (QED) is 0.333. The SMILES string of the molecule is CC12CC=C3C=C4CCC([N+]5([O-])CCC(F)C5)C[C@]45CC[C@]3(O5)[C@@H]1CCC2c1ccc2ccncc2c1. The number of alkyl halides is 1. The smallest absolute Gasteiger partial charge is 0.154 e. The van der Waals surface area contributed by atoms with Crippen LogP contribution in [0.1, 0.15) is 76.2 Å². The van der Waals surface area contributed by atoms with Crippen LogP contribution in [0.2, 0.25) is 0 Å². The highest BCUT2D eigenvalue weighted by atomic mass is 19.1. The number of halogens is 1. The van der Waals surface area contributed by atoms with E-state index in [-0.39, 0.29) is 33.9 Å². The van der Waals surface area contributed by atoms with Crippen molar-refractivity contribution in [3.8, 4) is 0 Å². The second-order valence-electron chi connectivity index (χ2n) is 13.3. The third-order valence-electron chi connectivity index (χ3n) is 11.7. The molecule has 8 rings (SSSR count). The normalized spacial score (nSPS) is 46.2. The van der Waals surface area contributed by atoms with Crippen molar-refractivity contribution in [3.63, 3.8) is 0 Å². The number of allylic oxidation sites excluding steroid dienone is 1. The minimum atomic E-state index is -0.941. The van der Waals surface area contributed by atoms with Crippen LogP contribution in [0.15, 0.2) is 60.0 Å². The first-order chi connectivity index (χ1) is 17.8. The zero-order valence-corrected chi connectivity index (χ0v) is 21.8. The van der Waals surface area contributed by atoms with Gasteiger partial charge in [0.1, 0.15) is 6.54 Å². The monoisotopic (exact) mass is 500 g/mol. The number of quaternary nitrogens is 1. The molecule has 4 nitrogen and oxygen atoms in total. The molecule has 3 aliphatic heterocycles. The number of pyridine rings is 1. The molecule has 5 heteroatoms. The highest BCUT2D eigenvalue weighted by Crippen LogP contribution is 2.69. The fraction of sp³-hybridized carbons (Fsp3) is 0.594. The number of likely N-dealkylation sites (tertiary alicyclic amines) is 1. The Balaban J connectivity index is 1.14. The molecule has 0 amide bonds. The van der Waals surface area contributed by atoms with Crippen LogP contribution in [-0.4, -0.2) is 46.1 Å². The van der Waals surface area contributed by atoms with E-state index >= 15 is 0 Å². The molecule has 0 radical (unpaired) electrons. The molecule has 6 aliphatic rings. The number of ether oxygens (including phenoxy) is 1. The average Bonchev–Trinajstić information content (AvgIpc) is 3.55. The van der Waals surface area contributed by atoms with Gasteiger partial charge < -0.3 is 14.6 Å². The molecule has 4 fully saturated rings. The summed E-state index contributed by atoms with van der Waals surface area (Å²) in [6.45, 7) is 3.08. The molecule has 2 bridgehead atoms. The molecular weight excluding hydrogens is 463 g/mol. The minimum absolute atomic E-state index is 0.0314. The van der Waals surface area contributed by atoms with E-state index in [0.717, 1.165) is 38.5 Å². The molecule has 1 aromatic heterocycles. The number of aromatic nitrogens is 1. The minimum Gasteiger partial charge on any atom is -0.633 e. The van der Waals surface area contributed by atoms with Crippen LogP contribution in [0.25, 0.3) is 10.8 Å². The van der Waals surface area contributed by atoms with Crippen molar-refractivity contribution in [2.45, 2.75) is 94.0 Å². The van der Waals surface area contributed by atoms with Crippen molar-refractivity contribution in [2.75, 3.05) is 13.1 Å². The number of benzene rings is 1. The van der Waals surface area contributed by atoms with E-state index < -0.39 is 6.17 Å². The summed E-state index contributed by atoms with van der Waals surface area (Å²) in [5.74, 6) is 0.977. The van der Waals surface area contributed by atoms with E-state index in [1.807, 2.05) is 12.4 Å². The highest BCUT2D eigenvalue weighted by molar-refractivity contribution is 5.82. The molecule has 2 saturated heterocycles. The number of hydrogen-bond donors (Lipinski definition) is 0. The molecule has 37 heavy (non-hydrogen) atoms. The van der Waals surface area contributed by atoms with Gasteiger partial charge in [-0.1, -0.05) is 31.2 Å². The Morgan fingerprint density at radius 3 is 2.89 bits per heavy atom. The molecular formula is C32H37FN2O2. The van der Waals surface area contributed by atoms with Gasteiger partial charge in [0.15, 0.2) is 6.17 Å². The van der Waals surface area contributed by atoms with E-state index in [9.17, 15) is 9.60 Å². The van der Waals surface area contributed by atoms with Crippen LogP contribution in [-0.2, 0) is 4.74 Å². The third kappa shape index (κ3) is 3.02. The van der Waals surface area contributed by atoms with Gasteiger partial charge in [0.2, 0.25) is 0 Å². The second-order valence-corrected chi connectivity index (χ2v) is 13.3. The largest absolute Gasteiger partial charge is 0.633 e. The van der Waals surface area contributed by atoms with Crippen LogP contribution < -0.4 is 0 Å². The second kappa shape index (κ2) is 7.52. The van der Waals surface area contributed by atoms with Gasteiger partial charge in [0.25, 0.3) is 0 Å². The van der Waals surface area contributed by atoms with E-state index in [4.69, 9.17) is 4.74 Å². The Hall–Kier alpha value is -2.08. The fourth-order valence-electron chi connectivity index (χ4n) is 9.86. The van der Waals surface area contributed by atoms with Crippen molar-refractivity contribution < 1.29 is 13.8 Å². The van der Waals surface area contributed by atoms with Gasteiger partial charge in [-0.25, -0.2) is 4.39 Å². The predicted molar refractivity (Wildman–Crippen MR) is 142 cm³/mol. The van der Waals surface area contributed by atoms with Gasteiger partial charge in [-0.05, 0) is 90.0 Å². The maximum Gasteiger partial charge on any atom is 0.154 e. The summed E-state index contributed by atoms with van der Waals surface area (Å²) in [5.41, 5.74) is 3.86. The van der Waals surface area contributed by atoms with E-state index in [1.165, 1.54) is 40.3 Å². The third-order valence-corrected chi connectivity index (χ3v) is 11.7. The van der Waals surface area contributed by atoms with Crippen molar-refractivity contribution >= 4 is 10.8 Å². The Labute approximate surface area is 218 Å². The number of hydroxylamine groups is 3. The summed E-state index contributed by atoms with van der Waals surface area (Å²) in [7, 11) is 0. The Bertz CT molecular complexity index is 1360. The first-order valence-corrected chi connectivity index (χ1v) is 14.5. The van der Waals surface area contributed by atoms with Crippen LogP contribution >= 0.6 is 0 Å². The standard InChI is InChI=1S/C32H37FN2O2/c1-30-11-8-25-17-24-4-5-27(35(36)15-10-26(33)20-35)18-31(24)12-13-32(25,37-31)29(30)7-6-28(30)22-3-2-21-9-14-34-19-23(21)16-22/h2-3,8-9,14,16-17,19,26-29H,4-7,10-13,15,18,20H2,1H3/t26?,27?,28?,29-,30?,31-,32-,35?/m1/s1. The van der Waals surface area contributed by atoms with Gasteiger partial charge in [-0.2, -0.15) is 0 Å². The molecule has 5 unspecified atom stereocenters. The lowest BCUT2D eigenvalue weighted by atomic mass is 9.58. The summed E-state index contributed by atoms with van der Waals surface area (Å²) in [6.07, 6.45) is 16.4. The van der Waals surface area contributed by atoms with Gasteiger partial charge in [-0.15, -0.1) is 0 Å². The summed E-state index contributed by atoms with van der Waals surface area (Å²) in [6, 6.07) is 9.02. The number of nitrogens with zero attached hydrogens (tertiary/aromatic N) is 2. The predicted octanol–water partition coefficient (Wildman–Crippen LogP) is 6.90. The lowest BCUT2D eigenvalue weighted by Crippen LogP contribution is -2.58. The molecule has 194 valence electrons. The molecule has 2 saturated carbocycles. The summed E-state index contributed by atoms with van der Waals surface area (Å²) >= 11 is 0. The van der Waals surface area contributed by atoms with Gasteiger partial charge in [-0.3, -0.25) is 4.98 Å². The van der Waals surface area contributed by atoms with Crippen molar-refractivity contribution in [1.29, 1.82) is 0 Å². The zero-order chi connectivity index (χ0) is 25.0. The summed E-state index contributed by atoms with van der Waals surface area (Å²) in [4.78, 5) is 4.36. The topological polar surface area (TPSA) is 45.2 Å². The highest BCUT2D eigenvalue weighted by Gasteiger charge is 2.67. The summed E-state index contributed by atoms with van der Waals surface area (Å²) < 4.78 is 21.1. The van der Waals surface area contributed by atoms with E-state index in [2.05, 4.69) is 48.3 Å². The van der Waals surface area contributed by atoms with Crippen molar-refractivity contribution in [1.82, 2.24) is 4.98 Å². The molecule has 0 N–H and O–H groups in total. The first kappa shape index (κ1) is 22.9. The van der Waals surface area contributed by atoms with E-state index in [0.29, 0.717) is 24.8 Å². The fourth-order valence-corrected chi connectivity index (χ4v) is 9.86. The molecule has 3 aliphatic carbocycles. The Morgan fingerprint density at radius 2 is 2.03 bits per heavy atom. The van der Waals surface area contributed by atoms with Crippen LogP contribution in [0.3, 0.4) is 0 Å². The molecule has 1 aromatic carbocycles. The molecule has 8 atom stereocenters. The van der Waals surface area contributed by atoms with Gasteiger partial charge in [0, 0.05) is 37.0 Å². The van der Waals surface area contributed by atoms with Crippen molar-refractivity contribution in [3.05, 3.63) is 70.7 Å². The van der Waals surface area contributed by atoms with Crippen LogP contribution in [0, 0.1) is 16.5 Å². The summed E-state index contributed by atoms with van der Waals surface area (Å²) in [5, 5.41) is 16.1. The maximum atomic E-state index is 14.1. The lowest BCUT2D eigenvalue weighted by Gasteiger charge is -2.56. The van der Waals surface area contributed by atoms with Gasteiger partial charge >= 0.3 is 0 Å². The van der Waals surface area contributed by atoms with E-state index in [1.54, 1.807) is 0 Å². The Morgan fingerprint density at radius 1 is 1.11 bits per heavy atom. The van der Waals surface area contributed by atoms with Crippen LogP contribution in [0.4, 0.5) is 4.39 Å². The van der Waals surface area contributed by atoms with Crippen molar-refractivity contribution in [2.24, 2.45) is 11.3 Å². The first-order valence-electron chi connectivity index (χ1n) is 14.5. The zero-order valence-electron chi connectivity index (χ0n) is 21.8. The molecule has 2 spiro atoms. The number of hydrogen-bond acceptors (Lipinski definition) is 3. The lowest BCUT2D eigenvalue weighted by molar-refractivity contribution is -0.896. The average molecular weight is 501 g/mol. The van der Waals surface area contributed by atoms with Gasteiger partial charge in [0.05, 0.1) is 23.8 Å². The molecule has 2 aromatic rings. The van der Waals surface area contributed by atoms with Crippen LogP contribution in [0.5, 0.6) is 0 Å². The maximum absolute atomic E-state index is 14.1.